The van der Waals surface area contributed by atoms with Gasteiger partial charge in [0.25, 0.3) is 0 Å². The summed E-state index contributed by atoms with van der Waals surface area (Å²) in [6.45, 7) is 3.81. The molecular formula is C11H13ClN2O. The predicted octanol–water partition coefficient (Wildman–Crippen LogP) is 3.00. The van der Waals surface area contributed by atoms with Crippen molar-refractivity contribution in [3.63, 3.8) is 0 Å². The van der Waals surface area contributed by atoms with Crippen LogP contribution in [0.4, 0.5) is 0 Å². The number of halogens is 1. The fraction of sp³-hybridized carbons (Fsp3) is 0.273. The van der Waals surface area contributed by atoms with Gasteiger partial charge in [0.1, 0.15) is 5.15 Å². The number of aryl methyl sites for hydroxylation is 1. The van der Waals surface area contributed by atoms with Gasteiger partial charge in [-0.05, 0) is 19.9 Å². The lowest BCUT2D eigenvalue weighted by molar-refractivity contribution is 0.338. The number of hydrogen-bond acceptors (Lipinski definition) is 3. The van der Waals surface area contributed by atoms with E-state index in [0.29, 0.717) is 5.15 Å². The van der Waals surface area contributed by atoms with Gasteiger partial charge in [0.05, 0.1) is 31.0 Å². The number of rotatable bonds is 3. The first-order valence-electron chi connectivity index (χ1n) is 4.54. The minimum Gasteiger partial charge on any atom is -0.504 e. The largest absolute Gasteiger partial charge is 0.504 e. The number of aromatic nitrogens is 2. The van der Waals surface area contributed by atoms with Crippen molar-refractivity contribution in [2.24, 2.45) is 0 Å². The van der Waals surface area contributed by atoms with Gasteiger partial charge >= 0.3 is 0 Å². The Bertz CT molecular complexity index is 400. The minimum absolute atomic E-state index is 0.405. The van der Waals surface area contributed by atoms with Crippen LogP contribution >= 0.6 is 11.6 Å². The van der Waals surface area contributed by atoms with E-state index in [-0.39, 0.29) is 0 Å². The molecule has 0 aliphatic carbocycles. The molecule has 0 amide bonds. The van der Waals surface area contributed by atoms with Gasteiger partial charge in [-0.2, -0.15) is 0 Å². The Hall–Kier alpha value is -1.35. The Morgan fingerprint density at radius 1 is 1.53 bits per heavy atom. The van der Waals surface area contributed by atoms with Crippen LogP contribution in [0, 0.1) is 6.92 Å². The average molecular weight is 225 g/mol. The van der Waals surface area contributed by atoms with E-state index in [1.54, 1.807) is 13.4 Å². The molecule has 0 unspecified atom stereocenters. The van der Waals surface area contributed by atoms with Crippen molar-refractivity contribution in [1.82, 2.24) is 9.97 Å². The Balaban J connectivity index is 3.08. The molecule has 4 heteroatoms. The van der Waals surface area contributed by atoms with E-state index in [1.165, 1.54) is 6.20 Å². The van der Waals surface area contributed by atoms with Gasteiger partial charge < -0.3 is 4.74 Å². The summed E-state index contributed by atoms with van der Waals surface area (Å²) in [7, 11) is 1.60. The summed E-state index contributed by atoms with van der Waals surface area (Å²) in [6.07, 6.45) is 6.92. The Morgan fingerprint density at radius 3 is 2.80 bits per heavy atom. The van der Waals surface area contributed by atoms with Crippen LogP contribution in [0.2, 0.25) is 5.15 Å². The van der Waals surface area contributed by atoms with E-state index in [9.17, 15) is 0 Å². The molecular weight excluding hydrogens is 212 g/mol. The van der Waals surface area contributed by atoms with Gasteiger partial charge in [-0.15, -0.1) is 0 Å². The molecule has 0 radical (unpaired) electrons. The summed E-state index contributed by atoms with van der Waals surface area (Å²) in [6, 6.07) is 0. The number of ether oxygens (including phenoxy) is 1. The predicted molar refractivity (Wildman–Crippen MR) is 61.6 cm³/mol. The molecule has 0 bridgehead atoms. The first kappa shape index (κ1) is 11.7. The van der Waals surface area contributed by atoms with Crippen LogP contribution in [0.3, 0.4) is 0 Å². The molecule has 3 nitrogen and oxygen atoms in total. The Labute approximate surface area is 94.5 Å². The summed E-state index contributed by atoms with van der Waals surface area (Å²) >= 11 is 5.73. The standard InChI is InChI=1S/C11H13ClN2O/c1-4-9(5-6-15-3)11-8(2)14-10(12)7-13-11/h4-7H,1-3H3/b6-5-,9-4-. The molecule has 0 atom stereocenters. The molecule has 0 spiro atoms. The number of nitrogens with zero attached hydrogens (tertiary/aromatic N) is 2. The lowest BCUT2D eigenvalue weighted by Gasteiger charge is -2.04. The Morgan fingerprint density at radius 2 is 2.27 bits per heavy atom. The molecule has 0 aliphatic heterocycles. The highest BCUT2D eigenvalue weighted by Crippen LogP contribution is 2.17. The molecule has 1 aromatic heterocycles. The van der Waals surface area contributed by atoms with Crippen molar-refractivity contribution in [1.29, 1.82) is 0 Å². The highest BCUT2D eigenvalue weighted by atomic mass is 35.5. The fourth-order valence-corrected chi connectivity index (χ4v) is 1.37. The van der Waals surface area contributed by atoms with Crippen molar-refractivity contribution in [2.45, 2.75) is 13.8 Å². The van der Waals surface area contributed by atoms with Crippen molar-refractivity contribution in [3.05, 3.63) is 41.2 Å². The lowest BCUT2D eigenvalue weighted by Crippen LogP contribution is -1.95. The van der Waals surface area contributed by atoms with Crippen LogP contribution in [0.15, 0.2) is 24.6 Å². The summed E-state index contributed by atoms with van der Waals surface area (Å²) in [4.78, 5) is 8.37. The molecule has 80 valence electrons. The Kier molecular flexibility index (Phi) is 4.31. The maximum absolute atomic E-state index is 5.73. The van der Waals surface area contributed by atoms with Gasteiger partial charge in [-0.25, -0.2) is 4.98 Å². The number of allylic oxidation sites excluding steroid dienone is 3. The SMILES string of the molecule is C/C=C(/C=C\OC)c1ncc(Cl)nc1C. The third-order valence-corrected chi connectivity index (χ3v) is 2.07. The molecule has 0 saturated heterocycles. The van der Waals surface area contributed by atoms with Gasteiger partial charge in [0.2, 0.25) is 0 Å². The summed E-state index contributed by atoms with van der Waals surface area (Å²) in [5.74, 6) is 0. The summed E-state index contributed by atoms with van der Waals surface area (Å²) in [5, 5.41) is 0.405. The molecule has 0 aliphatic rings. The van der Waals surface area contributed by atoms with E-state index in [1.807, 2.05) is 26.0 Å². The van der Waals surface area contributed by atoms with Crippen molar-refractivity contribution in [2.75, 3.05) is 7.11 Å². The lowest BCUT2D eigenvalue weighted by atomic mass is 10.1. The first-order chi connectivity index (χ1) is 7.19. The second kappa shape index (κ2) is 5.51. The van der Waals surface area contributed by atoms with Crippen molar-refractivity contribution in [3.8, 4) is 0 Å². The molecule has 1 aromatic rings. The molecule has 0 N–H and O–H groups in total. The highest BCUT2D eigenvalue weighted by molar-refractivity contribution is 6.29. The third kappa shape index (κ3) is 3.06. The number of methoxy groups -OCH3 is 1. The van der Waals surface area contributed by atoms with Gasteiger partial charge in [0.15, 0.2) is 0 Å². The second-order valence-electron chi connectivity index (χ2n) is 2.91. The van der Waals surface area contributed by atoms with Crippen LogP contribution in [-0.2, 0) is 4.74 Å². The normalized spacial score (nSPS) is 12.1. The molecule has 0 fully saturated rings. The van der Waals surface area contributed by atoms with E-state index >= 15 is 0 Å². The van der Waals surface area contributed by atoms with Crippen LogP contribution in [0.25, 0.3) is 5.57 Å². The van der Waals surface area contributed by atoms with E-state index in [2.05, 4.69) is 9.97 Å². The van der Waals surface area contributed by atoms with Crippen LogP contribution < -0.4 is 0 Å². The third-order valence-electron chi connectivity index (χ3n) is 1.89. The van der Waals surface area contributed by atoms with E-state index in [0.717, 1.165) is 17.0 Å². The summed E-state index contributed by atoms with van der Waals surface area (Å²) < 4.78 is 4.86. The minimum atomic E-state index is 0.405. The quantitative estimate of drug-likeness (QED) is 0.585. The molecule has 1 heterocycles. The zero-order valence-electron chi connectivity index (χ0n) is 8.99. The van der Waals surface area contributed by atoms with Crippen LogP contribution in [0.1, 0.15) is 18.3 Å². The first-order valence-corrected chi connectivity index (χ1v) is 4.92. The summed E-state index contributed by atoms with van der Waals surface area (Å²) in [5.41, 5.74) is 2.57. The van der Waals surface area contributed by atoms with Crippen LogP contribution in [-0.4, -0.2) is 17.1 Å². The number of hydrogen-bond donors (Lipinski definition) is 0. The van der Waals surface area contributed by atoms with Crippen molar-refractivity contribution < 1.29 is 4.74 Å². The van der Waals surface area contributed by atoms with E-state index in [4.69, 9.17) is 16.3 Å². The van der Waals surface area contributed by atoms with Gasteiger partial charge in [-0.3, -0.25) is 4.98 Å². The maximum atomic E-state index is 5.73. The van der Waals surface area contributed by atoms with E-state index < -0.39 is 0 Å². The van der Waals surface area contributed by atoms with Crippen molar-refractivity contribution >= 4 is 17.2 Å². The average Bonchev–Trinajstić information content (AvgIpc) is 2.21. The monoisotopic (exact) mass is 224 g/mol. The zero-order valence-corrected chi connectivity index (χ0v) is 9.75. The maximum Gasteiger partial charge on any atom is 0.147 e. The molecule has 1 rings (SSSR count). The van der Waals surface area contributed by atoms with Gasteiger partial charge in [-0.1, -0.05) is 17.7 Å². The highest BCUT2D eigenvalue weighted by Gasteiger charge is 2.05. The molecule has 0 aromatic carbocycles. The van der Waals surface area contributed by atoms with Crippen LogP contribution in [0.5, 0.6) is 0 Å². The van der Waals surface area contributed by atoms with Gasteiger partial charge in [0, 0.05) is 5.57 Å². The molecule has 15 heavy (non-hydrogen) atoms. The zero-order chi connectivity index (χ0) is 11.3. The topological polar surface area (TPSA) is 35.0 Å². The second-order valence-corrected chi connectivity index (χ2v) is 3.30. The molecule has 0 saturated carbocycles. The smallest absolute Gasteiger partial charge is 0.147 e. The fourth-order valence-electron chi connectivity index (χ4n) is 1.19.